The quantitative estimate of drug-likeness (QED) is 0.408. The van der Waals surface area contributed by atoms with Gasteiger partial charge in [0, 0.05) is 16.7 Å². The minimum absolute atomic E-state index is 0.0794. The summed E-state index contributed by atoms with van der Waals surface area (Å²) in [6.45, 7) is 0.652. The molecule has 0 saturated heterocycles. The van der Waals surface area contributed by atoms with Crippen LogP contribution >= 0.6 is 11.6 Å². The lowest BCUT2D eigenvalue weighted by atomic mass is 9.84. The highest BCUT2D eigenvalue weighted by atomic mass is 35.5. The van der Waals surface area contributed by atoms with Crippen molar-refractivity contribution >= 4 is 34.7 Å². The summed E-state index contributed by atoms with van der Waals surface area (Å²) in [6, 6.07) is 4.54. The zero-order valence-corrected chi connectivity index (χ0v) is 21.1. The van der Waals surface area contributed by atoms with Gasteiger partial charge in [-0.2, -0.15) is 18.2 Å². The van der Waals surface area contributed by atoms with Crippen molar-refractivity contribution in [2.24, 2.45) is 11.7 Å². The number of hydrogen-bond donors (Lipinski definition) is 3. The first-order valence-corrected chi connectivity index (χ1v) is 12.5. The molecule has 0 radical (unpaired) electrons. The molecule has 204 valence electrons. The predicted molar refractivity (Wildman–Crippen MR) is 136 cm³/mol. The van der Waals surface area contributed by atoms with E-state index in [1.165, 1.54) is 24.3 Å². The van der Waals surface area contributed by atoms with E-state index in [2.05, 4.69) is 9.97 Å². The Morgan fingerprint density at radius 1 is 1.24 bits per heavy atom. The molecule has 2 heterocycles. The van der Waals surface area contributed by atoms with E-state index in [1.807, 2.05) is 12.2 Å². The highest BCUT2D eigenvalue weighted by Crippen LogP contribution is 2.41. The van der Waals surface area contributed by atoms with Gasteiger partial charge in [-0.3, -0.25) is 4.79 Å². The van der Waals surface area contributed by atoms with E-state index in [0.717, 1.165) is 5.57 Å². The lowest BCUT2D eigenvalue weighted by Crippen LogP contribution is -2.32. The van der Waals surface area contributed by atoms with Gasteiger partial charge in [0.2, 0.25) is 17.9 Å². The van der Waals surface area contributed by atoms with E-state index in [-0.39, 0.29) is 34.9 Å². The van der Waals surface area contributed by atoms with E-state index in [9.17, 15) is 18.0 Å². The van der Waals surface area contributed by atoms with E-state index < -0.39 is 24.3 Å². The number of anilines is 1. The maximum absolute atomic E-state index is 14.4. The molecule has 2 aromatic rings. The zero-order valence-electron chi connectivity index (χ0n) is 20.4. The molecular formula is C26H28ClF3N4O4. The maximum Gasteiger partial charge on any atom is 0.429 e. The van der Waals surface area contributed by atoms with Crippen LogP contribution in [-0.4, -0.2) is 46.5 Å². The first-order chi connectivity index (χ1) is 18.0. The smallest absolute Gasteiger partial charge is 0.429 e. The van der Waals surface area contributed by atoms with Gasteiger partial charge in [-0.25, -0.2) is 4.98 Å². The number of ether oxygens (including phenoxy) is 2. The Bertz CT molecular complexity index is 1250. The van der Waals surface area contributed by atoms with Gasteiger partial charge in [0.1, 0.15) is 6.04 Å². The number of alkyl halides is 3. The Balaban J connectivity index is 1.62. The number of rotatable bonds is 8. The molecule has 12 heteroatoms. The van der Waals surface area contributed by atoms with Gasteiger partial charge in [0.05, 0.1) is 18.9 Å². The van der Waals surface area contributed by atoms with Gasteiger partial charge >= 0.3 is 12.1 Å². The van der Waals surface area contributed by atoms with Crippen molar-refractivity contribution in [3.8, 4) is 5.88 Å². The number of nitrogens with two attached hydrogens (primary N) is 2. The standard InChI is InChI=1S/C26H28ClF3N4O4/c27-17-7-8-18(19(11-17)16-2-1-9-37-13-16)23(26(28,29)30)38-22-12-21(33-25(32)34-22)15-5-3-14(4-6-15)10-20(31)24(35)36/h2,5,7-8,11-12,14,20,23H,1,3-4,6,9-10,13,31H2,(H,35,36)(H2,32,33,34). The summed E-state index contributed by atoms with van der Waals surface area (Å²) >= 11 is 6.13. The molecule has 4 rings (SSSR count). The maximum atomic E-state index is 14.4. The number of carboxylic acids is 1. The van der Waals surface area contributed by atoms with Crippen LogP contribution in [0.2, 0.25) is 5.02 Å². The second-order valence-electron chi connectivity index (χ2n) is 9.34. The Morgan fingerprint density at radius 2 is 2.03 bits per heavy atom. The molecule has 1 aromatic heterocycles. The summed E-state index contributed by atoms with van der Waals surface area (Å²) in [5.74, 6) is -1.52. The van der Waals surface area contributed by atoms with Gasteiger partial charge in [0.25, 0.3) is 0 Å². The SMILES string of the molecule is Nc1nc(OC(c2ccc(Cl)cc2C2=CCCOC2)C(F)(F)F)cc(C2=CCC(CC(N)C(=O)O)CC2)n1. The van der Waals surface area contributed by atoms with Crippen molar-refractivity contribution in [2.75, 3.05) is 18.9 Å². The minimum Gasteiger partial charge on any atom is -0.480 e. The number of aromatic nitrogens is 2. The van der Waals surface area contributed by atoms with Crippen molar-refractivity contribution in [1.82, 2.24) is 9.97 Å². The van der Waals surface area contributed by atoms with Crippen molar-refractivity contribution in [3.05, 3.63) is 58.3 Å². The topological polar surface area (TPSA) is 134 Å². The molecule has 38 heavy (non-hydrogen) atoms. The van der Waals surface area contributed by atoms with E-state index in [0.29, 0.717) is 55.5 Å². The minimum atomic E-state index is -4.78. The Morgan fingerprint density at radius 3 is 2.66 bits per heavy atom. The first kappa shape index (κ1) is 27.9. The second kappa shape index (κ2) is 11.7. The normalized spacial score (nSPS) is 19.8. The van der Waals surface area contributed by atoms with Gasteiger partial charge in [-0.1, -0.05) is 29.8 Å². The number of nitrogen functional groups attached to an aromatic ring is 1. The number of benzene rings is 1. The predicted octanol–water partition coefficient (Wildman–Crippen LogP) is 5.18. The van der Waals surface area contributed by atoms with Gasteiger partial charge in [-0.15, -0.1) is 0 Å². The lowest BCUT2D eigenvalue weighted by molar-refractivity contribution is -0.198. The zero-order chi connectivity index (χ0) is 27.4. The molecule has 0 amide bonds. The average Bonchev–Trinajstić information content (AvgIpc) is 2.87. The molecule has 0 bridgehead atoms. The lowest BCUT2D eigenvalue weighted by Gasteiger charge is -2.26. The molecule has 1 aromatic carbocycles. The number of halogens is 4. The third-order valence-corrected chi connectivity index (χ3v) is 6.80. The Labute approximate surface area is 222 Å². The van der Waals surface area contributed by atoms with Crippen LogP contribution in [0.5, 0.6) is 5.88 Å². The van der Waals surface area contributed by atoms with Crippen LogP contribution in [0.1, 0.15) is 55.0 Å². The monoisotopic (exact) mass is 552 g/mol. The molecule has 0 saturated carbocycles. The van der Waals surface area contributed by atoms with Crippen LogP contribution in [-0.2, 0) is 9.53 Å². The molecule has 2 aliphatic rings. The third-order valence-electron chi connectivity index (χ3n) is 6.56. The fraction of sp³-hybridized carbons (Fsp3) is 0.423. The largest absolute Gasteiger partial charge is 0.480 e. The van der Waals surface area contributed by atoms with Gasteiger partial charge in [-0.05, 0) is 66.9 Å². The highest BCUT2D eigenvalue weighted by Gasteiger charge is 2.45. The van der Waals surface area contributed by atoms with Gasteiger partial charge in [0.15, 0.2) is 0 Å². The van der Waals surface area contributed by atoms with Crippen LogP contribution < -0.4 is 16.2 Å². The number of nitrogens with zero attached hydrogens (tertiary/aromatic N) is 2. The molecular weight excluding hydrogens is 525 g/mol. The van der Waals surface area contributed by atoms with Crippen LogP contribution in [0.25, 0.3) is 11.1 Å². The second-order valence-corrected chi connectivity index (χ2v) is 9.78. The van der Waals surface area contributed by atoms with Gasteiger partial charge < -0.3 is 26.0 Å². The third kappa shape index (κ3) is 6.83. The molecule has 5 N–H and O–H groups in total. The summed E-state index contributed by atoms with van der Waals surface area (Å²) < 4.78 is 54.0. The Hall–Kier alpha value is -3.15. The molecule has 0 fully saturated rings. The molecule has 3 unspecified atom stereocenters. The van der Waals surface area contributed by atoms with Crippen molar-refractivity contribution < 1.29 is 32.5 Å². The van der Waals surface area contributed by atoms with Crippen molar-refractivity contribution in [3.63, 3.8) is 0 Å². The summed E-state index contributed by atoms with van der Waals surface area (Å²) in [6.07, 6.45) is -0.760. The van der Waals surface area contributed by atoms with Crippen LogP contribution in [0.3, 0.4) is 0 Å². The number of allylic oxidation sites excluding steroid dienone is 2. The number of aliphatic carboxylic acids is 1. The number of hydrogen-bond acceptors (Lipinski definition) is 7. The number of carboxylic acid groups (broad SMARTS) is 1. The van der Waals surface area contributed by atoms with Crippen molar-refractivity contribution in [1.29, 1.82) is 0 Å². The molecule has 8 nitrogen and oxygen atoms in total. The van der Waals surface area contributed by atoms with E-state index >= 15 is 0 Å². The molecule has 1 aliphatic carbocycles. The first-order valence-electron chi connectivity index (χ1n) is 12.1. The average molecular weight is 553 g/mol. The molecule has 1 aliphatic heterocycles. The fourth-order valence-electron chi connectivity index (χ4n) is 4.67. The highest BCUT2D eigenvalue weighted by molar-refractivity contribution is 6.30. The van der Waals surface area contributed by atoms with Crippen LogP contribution in [0.4, 0.5) is 19.1 Å². The summed E-state index contributed by atoms with van der Waals surface area (Å²) in [5.41, 5.74) is 13.4. The van der Waals surface area contributed by atoms with Crippen LogP contribution in [0, 0.1) is 5.92 Å². The summed E-state index contributed by atoms with van der Waals surface area (Å²) in [4.78, 5) is 19.1. The summed E-state index contributed by atoms with van der Waals surface area (Å²) in [5, 5.41) is 9.33. The number of carbonyl (C=O) groups is 1. The fourth-order valence-corrected chi connectivity index (χ4v) is 4.84. The Kier molecular flexibility index (Phi) is 8.59. The molecule has 3 atom stereocenters. The van der Waals surface area contributed by atoms with Crippen LogP contribution in [0.15, 0.2) is 36.4 Å². The summed E-state index contributed by atoms with van der Waals surface area (Å²) in [7, 11) is 0. The van der Waals surface area contributed by atoms with E-state index in [1.54, 1.807) is 0 Å². The van der Waals surface area contributed by atoms with Crippen molar-refractivity contribution in [2.45, 2.75) is 50.4 Å². The van der Waals surface area contributed by atoms with E-state index in [4.69, 9.17) is 37.6 Å². The molecule has 0 spiro atoms.